The summed E-state index contributed by atoms with van der Waals surface area (Å²) in [6.45, 7) is 11.0. The molecule has 1 saturated heterocycles. The maximum absolute atomic E-state index is 6.12. The first-order valence-corrected chi connectivity index (χ1v) is 7.09. The molecule has 3 nitrogen and oxygen atoms in total. The van der Waals surface area contributed by atoms with E-state index in [-0.39, 0.29) is 18.3 Å². The van der Waals surface area contributed by atoms with Gasteiger partial charge in [-0.1, -0.05) is 18.2 Å². The Labute approximate surface area is 121 Å². The summed E-state index contributed by atoms with van der Waals surface area (Å²) in [5.41, 5.74) is 2.82. The highest BCUT2D eigenvalue weighted by Gasteiger charge is 2.52. The Morgan fingerprint density at radius 2 is 1.65 bits per heavy atom. The molecule has 106 valence electrons. The number of hydrogen-bond donors (Lipinski definition) is 0. The number of para-hydroxylation sites is 1. The van der Waals surface area contributed by atoms with Gasteiger partial charge in [-0.2, -0.15) is 0 Å². The minimum Gasteiger partial charge on any atom is -0.488 e. The third kappa shape index (κ3) is 1.98. The second kappa shape index (κ2) is 4.37. The molecule has 1 aromatic rings. The van der Waals surface area contributed by atoms with Gasteiger partial charge < -0.3 is 14.0 Å². The van der Waals surface area contributed by atoms with Crippen LogP contribution in [0.25, 0.3) is 5.57 Å². The standard InChI is InChI=1S/C16H21BO3/c1-11(17-19-15(2,3)16(4,5)20-17)13-10-18-14-9-7-6-8-12(13)14/h6-9H,10H2,1-5H3/b13-11-. The first-order valence-electron chi connectivity index (χ1n) is 7.09. The lowest BCUT2D eigenvalue weighted by Gasteiger charge is -2.32. The molecule has 0 saturated carbocycles. The lowest BCUT2D eigenvalue weighted by atomic mass is 9.75. The fourth-order valence-electron chi connectivity index (χ4n) is 2.56. The molecule has 0 radical (unpaired) electrons. The van der Waals surface area contributed by atoms with Crippen LogP contribution in [-0.4, -0.2) is 24.9 Å². The lowest BCUT2D eigenvalue weighted by Crippen LogP contribution is -2.41. The van der Waals surface area contributed by atoms with Gasteiger partial charge in [0.25, 0.3) is 0 Å². The van der Waals surface area contributed by atoms with Crippen molar-refractivity contribution in [2.45, 2.75) is 45.8 Å². The highest BCUT2D eigenvalue weighted by molar-refractivity contribution is 6.56. The topological polar surface area (TPSA) is 27.7 Å². The van der Waals surface area contributed by atoms with Gasteiger partial charge in [0.1, 0.15) is 12.4 Å². The Bertz CT molecular complexity index is 559. The number of ether oxygens (including phenoxy) is 1. The van der Waals surface area contributed by atoms with E-state index in [1.165, 1.54) is 5.57 Å². The Morgan fingerprint density at radius 3 is 2.30 bits per heavy atom. The normalized spacial score (nSPS) is 25.4. The van der Waals surface area contributed by atoms with E-state index in [0.717, 1.165) is 16.8 Å². The maximum atomic E-state index is 6.12. The predicted molar refractivity (Wildman–Crippen MR) is 80.6 cm³/mol. The van der Waals surface area contributed by atoms with Gasteiger partial charge in [-0.15, -0.1) is 0 Å². The maximum Gasteiger partial charge on any atom is 0.490 e. The Kier molecular flexibility index (Phi) is 3.00. The second-order valence-electron chi connectivity index (χ2n) is 6.53. The molecule has 0 N–H and O–H groups in total. The van der Waals surface area contributed by atoms with E-state index in [4.69, 9.17) is 14.0 Å². The smallest absolute Gasteiger partial charge is 0.488 e. The van der Waals surface area contributed by atoms with Crippen LogP contribution in [0.2, 0.25) is 0 Å². The lowest BCUT2D eigenvalue weighted by molar-refractivity contribution is 0.00578. The summed E-state index contributed by atoms with van der Waals surface area (Å²) in [4.78, 5) is 0. The quantitative estimate of drug-likeness (QED) is 0.732. The van der Waals surface area contributed by atoms with Crippen LogP contribution >= 0.6 is 0 Å². The summed E-state index contributed by atoms with van der Waals surface area (Å²) < 4.78 is 18.0. The van der Waals surface area contributed by atoms with E-state index in [1.54, 1.807) is 0 Å². The molecule has 4 heteroatoms. The molecule has 2 aliphatic rings. The van der Waals surface area contributed by atoms with Crippen LogP contribution in [0, 0.1) is 0 Å². The number of rotatable bonds is 1. The highest BCUT2D eigenvalue weighted by atomic mass is 16.7. The van der Waals surface area contributed by atoms with E-state index >= 15 is 0 Å². The van der Waals surface area contributed by atoms with Crippen LogP contribution in [0.5, 0.6) is 5.75 Å². The molecule has 1 fully saturated rings. The average molecular weight is 272 g/mol. The molecular formula is C16H21BO3. The van der Waals surface area contributed by atoms with Crippen LogP contribution in [0.4, 0.5) is 0 Å². The van der Waals surface area contributed by atoms with Gasteiger partial charge >= 0.3 is 7.12 Å². The van der Waals surface area contributed by atoms with Crippen molar-refractivity contribution in [1.82, 2.24) is 0 Å². The van der Waals surface area contributed by atoms with Gasteiger partial charge in [-0.3, -0.25) is 0 Å². The predicted octanol–water partition coefficient (Wildman–Crippen LogP) is 3.48. The molecule has 0 amide bonds. The van der Waals surface area contributed by atoms with Crippen LogP contribution in [-0.2, 0) is 9.31 Å². The minimum atomic E-state index is -0.307. The summed E-state index contributed by atoms with van der Waals surface area (Å²) in [5, 5.41) is 0. The van der Waals surface area contributed by atoms with Crippen molar-refractivity contribution in [1.29, 1.82) is 0 Å². The number of allylic oxidation sites excluding steroid dienone is 1. The SMILES string of the molecule is C/C(B1OC(C)(C)C(C)(C)O1)=C1\COc2ccccc21. The fourth-order valence-corrected chi connectivity index (χ4v) is 2.56. The molecule has 1 aromatic carbocycles. The van der Waals surface area contributed by atoms with Gasteiger partial charge in [0.15, 0.2) is 0 Å². The number of benzene rings is 1. The highest BCUT2D eigenvalue weighted by Crippen LogP contribution is 2.41. The summed E-state index contributed by atoms with van der Waals surface area (Å²) in [6, 6.07) is 8.11. The van der Waals surface area contributed by atoms with Gasteiger partial charge in [-0.05, 0) is 51.7 Å². The molecule has 0 spiro atoms. The van der Waals surface area contributed by atoms with Gasteiger partial charge in [0, 0.05) is 5.56 Å². The molecular weight excluding hydrogens is 251 g/mol. The zero-order valence-corrected chi connectivity index (χ0v) is 12.8. The number of hydrogen-bond acceptors (Lipinski definition) is 3. The van der Waals surface area contributed by atoms with E-state index in [9.17, 15) is 0 Å². The molecule has 20 heavy (non-hydrogen) atoms. The monoisotopic (exact) mass is 272 g/mol. The van der Waals surface area contributed by atoms with Crippen LogP contribution in [0.1, 0.15) is 40.2 Å². The first-order chi connectivity index (χ1) is 9.32. The Hall–Kier alpha value is -1.26. The summed E-state index contributed by atoms with van der Waals surface area (Å²) >= 11 is 0. The molecule has 0 atom stereocenters. The van der Waals surface area contributed by atoms with Crippen LogP contribution in [0.3, 0.4) is 0 Å². The molecule has 0 aliphatic carbocycles. The van der Waals surface area contributed by atoms with Gasteiger partial charge in [0.2, 0.25) is 0 Å². The third-order valence-electron chi connectivity index (χ3n) is 4.67. The van der Waals surface area contributed by atoms with Gasteiger partial charge in [0.05, 0.1) is 11.2 Å². The minimum absolute atomic E-state index is 0.301. The molecule has 0 bridgehead atoms. The Balaban J connectivity index is 1.95. The van der Waals surface area contributed by atoms with E-state index in [2.05, 4.69) is 40.7 Å². The molecule has 0 unspecified atom stereocenters. The first kappa shape index (κ1) is 13.7. The van der Waals surface area contributed by atoms with Crippen molar-refractivity contribution >= 4 is 12.7 Å². The van der Waals surface area contributed by atoms with E-state index in [1.807, 2.05) is 18.2 Å². The van der Waals surface area contributed by atoms with Gasteiger partial charge in [-0.25, -0.2) is 0 Å². The Morgan fingerprint density at radius 1 is 1.05 bits per heavy atom. The molecule has 0 aromatic heterocycles. The third-order valence-corrected chi connectivity index (χ3v) is 4.67. The van der Waals surface area contributed by atoms with Crippen molar-refractivity contribution < 1.29 is 14.0 Å². The summed E-state index contributed by atoms with van der Waals surface area (Å²) in [6.07, 6.45) is 0. The van der Waals surface area contributed by atoms with Crippen molar-refractivity contribution in [3.05, 3.63) is 35.3 Å². The molecule has 2 aliphatic heterocycles. The zero-order valence-electron chi connectivity index (χ0n) is 12.8. The molecule has 3 rings (SSSR count). The zero-order chi connectivity index (χ0) is 14.5. The fraction of sp³-hybridized carbons (Fsp3) is 0.500. The summed E-state index contributed by atoms with van der Waals surface area (Å²) in [7, 11) is -0.301. The van der Waals surface area contributed by atoms with Crippen LogP contribution < -0.4 is 4.74 Å². The van der Waals surface area contributed by atoms with E-state index < -0.39 is 0 Å². The van der Waals surface area contributed by atoms with Crippen molar-refractivity contribution in [3.8, 4) is 5.75 Å². The second-order valence-corrected chi connectivity index (χ2v) is 6.53. The van der Waals surface area contributed by atoms with Crippen molar-refractivity contribution in [2.75, 3.05) is 6.61 Å². The average Bonchev–Trinajstić information content (AvgIpc) is 2.88. The summed E-state index contributed by atoms with van der Waals surface area (Å²) in [5.74, 6) is 0.943. The van der Waals surface area contributed by atoms with Crippen LogP contribution in [0.15, 0.2) is 29.7 Å². The largest absolute Gasteiger partial charge is 0.490 e. The van der Waals surface area contributed by atoms with Crippen molar-refractivity contribution in [2.24, 2.45) is 0 Å². The van der Waals surface area contributed by atoms with Crippen molar-refractivity contribution in [3.63, 3.8) is 0 Å². The van der Waals surface area contributed by atoms with E-state index in [0.29, 0.717) is 6.61 Å². The number of fused-ring (bicyclic) bond motifs is 1. The molecule has 2 heterocycles.